The van der Waals surface area contributed by atoms with Crippen LogP contribution in [0.3, 0.4) is 0 Å². The van der Waals surface area contributed by atoms with Gasteiger partial charge in [0.2, 0.25) is 0 Å². The van der Waals surface area contributed by atoms with Crippen LogP contribution in [0.25, 0.3) is 0 Å². The molecule has 0 fully saturated rings. The number of pyridine rings is 1. The van der Waals surface area contributed by atoms with Gasteiger partial charge >= 0.3 is 5.97 Å². The van der Waals surface area contributed by atoms with Crippen molar-refractivity contribution in [1.82, 2.24) is 4.98 Å². The lowest BCUT2D eigenvalue weighted by atomic mass is 10.2. The van der Waals surface area contributed by atoms with E-state index in [1.807, 2.05) is 13.8 Å². The number of nitrogen functional groups attached to an aromatic ring is 1. The second-order valence-corrected chi connectivity index (χ2v) is 4.03. The fourth-order valence-corrected chi connectivity index (χ4v) is 1.57. The van der Waals surface area contributed by atoms with Crippen LogP contribution < -0.4 is 11.1 Å². The summed E-state index contributed by atoms with van der Waals surface area (Å²) in [6.45, 7) is 7.13. The molecule has 19 heavy (non-hydrogen) atoms. The average molecular weight is 267 g/mol. The molecule has 106 valence electrons. The molecule has 0 aliphatic heterocycles. The maximum Gasteiger partial charge on any atom is 0.341 e. The summed E-state index contributed by atoms with van der Waals surface area (Å²) in [7, 11) is 0. The molecular weight excluding hydrogens is 246 g/mol. The SMILES string of the molecule is CCOC(=O)c1cc(N)cnc1NCC(C)OCC. The van der Waals surface area contributed by atoms with Crippen LogP contribution in [0.15, 0.2) is 12.3 Å². The Balaban J connectivity index is 2.79. The first-order chi connectivity index (χ1) is 9.08. The zero-order valence-corrected chi connectivity index (χ0v) is 11.6. The van der Waals surface area contributed by atoms with Crippen LogP contribution in [0, 0.1) is 0 Å². The van der Waals surface area contributed by atoms with Crippen molar-refractivity contribution >= 4 is 17.5 Å². The summed E-state index contributed by atoms with van der Waals surface area (Å²) in [6, 6.07) is 1.55. The van der Waals surface area contributed by atoms with Crippen LogP contribution in [0.1, 0.15) is 31.1 Å². The van der Waals surface area contributed by atoms with Gasteiger partial charge in [0.25, 0.3) is 0 Å². The van der Waals surface area contributed by atoms with E-state index in [4.69, 9.17) is 15.2 Å². The quantitative estimate of drug-likeness (QED) is 0.731. The molecule has 0 radical (unpaired) electrons. The number of esters is 1. The Labute approximate surface area is 113 Å². The molecule has 1 unspecified atom stereocenters. The molecule has 0 aliphatic rings. The minimum Gasteiger partial charge on any atom is -0.462 e. The number of carbonyl (C=O) groups is 1. The Morgan fingerprint density at radius 3 is 2.84 bits per heavy atom. The van der Waals surface area contributed by atoms with E-state index in [1.54, 1.807) is 13.0 Å². The van der Waals surface area contributed by atoms with Crippen LogP contribution in [0.4, 0.5) is 11.5 Å². The number of hydrogen-bond donors (Lipinski definition) is 2. The minimum atomic E-state index is -0.436. The fourth-order valence-electron chi connectivity index (χ4n) is 1.57. The molecule has 1 aromatic heterocycles. The van der Waals surface area contributed by atoms with Gasteiger partial charge in [0.05, 0.1) is 24.6 Å². The van der Waals surface area contributed by atoms with Gasteiger partial charge in [-0.3, -0.25) is 0 Å². The lowest BCUT2D eigenvalue weighted by Gasteiger charge is -2.15. The third kappa shape index (κ3) is 4.75. The van der Waals surface area contributed by atoms with Crippen molar-refractivity contribution in [2.45, 2.75) is 26.9 Å². The van der Waals surface area contributed by atoms with Crippen molar-refractivity contribution in [3.63, 3.8) is 0 Å². The molecule has 0 spiro atoms. The van der Waals surface area contributed by atoms with Crippen molar-refractivity contribution in [2.75, 3.05) is 30.8 Å². The number of nitrogens with zero attached hydrogens (tertiary/aromatic N) is 1. The Hall–Kier alpha value is -1.82. The molecule has 1 rings (SSSR count). The normalized spacial score (nSPS) is 11.9. The van der Waals surface area contributed by atoms with E-state index in [0.717, 1.165) is 0 Å². The van der Waals surface area contributed by atoms with E-state index in [1.165, 1.54) is 6.20 Å². The minimum absolute atomic E-state index is 0.0272. The Kier molecular flexibility index (Phi) is 6.08. The molecule has 1 atom stereocenters. The number of ether oxygens (including phenoxy) is 2. The van der Waals surface area contributed by atoms with E-state index in [9.17, 15) is 4.79 Å². The first-order valence-electron chi connectivity index (χ1n) is 6.36. The van der Waals surface area contributed by atoms with Gasteiger partial charge in [0, 0.05) is 13.2 Å². The Morgan fingerprint density at radius 2 is 2.21 bits per heavy atom. The van der Waals surface area contributed by atoms with Gasteiger partial charge in [0.15, 0.2) is 0 Å². The lowest BCUT2D eigenvalue weighted by Crippen LogP contribution is -2.22. The molecule has 1 heterocycles. The van der Waals surface area contributed by atoms with Gasteiger partial charge in [-0.15, -0.1) is 0 Å². The highest BCUT2D eigenvalue weighted by Gasteiger charge is 2.15. The maximum atomic E-state index is 11.8. The fraction of sp³-hybridized carbons (Fsp3) is 0.538. The van der Waals surface area contributed by atoms with Crippen molar-refractivity contribution in [1.29, 1.82) is 0 Å². The lowest BCUT2D eigenvalue weighted by molar-refractivity contribution is 0.0526. The van der Waals surface area contributed by atoms with E-state index in [0.29, 0.717) is 36.8 Å². The number of nitrogens with one attached hydrogen (secondary N) is 1. The summed E-state index contributed by atoms with van der Waals surface area (Å²) in [5, 5.41) is 3.07. The topological polar surface area (TPSA) is 86.5 Å². The molecule has 0 aliphatic carbocycles. The molecule has 6 nitrogen and oxygen atoms in total. The molecule has 1 aromatic rings. The Bertz CT molecular complexity index is 424. The average Bonchev–Trinajstić information content (AvgIpc) is 2.38. The molecule has 0 amide bonds. The molecule has 6 heteroatoms. The van der Waals surface area contributed by atoms with E-state index in [2.05, 4.69) is 10.3 Å². The number of hydrogen-bond acceptors (Lipinski definition) is 6. The summed E-state index contributed by atoms with van der Waals surface area (Å²) >= 11 is 0. The molecule has 0 saturated heterocycles. The second-order valence-electron chi connectivity index (χ2n) is 4.03. The van der Waals surface area contributed by atoms with Crippen molar-refractivity contribution < 1.29 is 14.3 Å². The third-order valence-corrected chi connectivity index (χ3v) is 2.41. The Morgan fingerprint density at radius 1 is 1.47 bits per heavy atom. The number of rotatable bonds is 7. The predicted octanol–water partition coefficient (Wildman–Crippen LogP) is 1.68. The highest BCUT2D eigenvalue weighted by atomic mass is 16.5. The van der Waals surface area contributed by atoms with Gasteiger partial charge in [-0.1, -0.05) is 0 Å². The smallest absolute Gasteiger partial charge is 0.341 e. The highest BCUT2D eigenvalue weighted by Crippen LogP contribution is 2.17. The zero-order chi connectivity index (χ0) is 14.3. The van der Waals surface area contributed by atoms with Crippen LogP contribution in [-0.2, 0) is 9.47 Å². The van der Waals surface area contributed by atoms with E-state index in [-0.39, 0.29) is 6.10 Å². The summed E-state index contributed by atoms with van der Waals surface area (Å²) in [6.07, 6.45) is 1.52. The van der Waals surface area contributed by atoms with E-state index < -0.39 is 5.97 Å². The van der Waals surface area contributed by atoms with Crippen LogP contribution in [0.5, 0.6) is 0 Å². The van der Waals surface area contributed by atoms with Gasteiger partial charge in [-0.2, -0.15) is 0 Å². The zero-order valence-electron chi connectivity index (χ0n) is 11.6. The summed E-state index contributed by atoms with van der Waals surface area (Å²) in [4.78, 5) is 15.9. The number of nitrogens with two attached hydrogens (primary N) is 1. The largest absolute Gasteiger partial charge is 0.462 e. The number of aromatic nitrogens is 1. The first kappa shape index (κ1) is 15.2. The standard InChI is InChI=1S/C13H21N3O3/c1-4-18-9(3)7-15-12-11(13(17)19-5-2)6-10(14)8-16-12/h6,8-9H,4-5,7,14H2,1-3H3,(H,15,16). The van der Waals surface area contributed by atoms with Gasteiger partial charge in [0.1, 0.15) is 11.4 Å². The molecule has 0 aromatic carbocycles. The van der Waals surface area contributed by atoms with Crippen LogP contribution >= 0.6 is 0 Å². The van der Waals surface area contributed by atoms with Gasteiger partial charge in [-0.05, 0) is 26.8 Å². The van der Waals surface area contributed by atoms with Crippen molar-refractivity contribution in [2.24, 2.45) is 0 Å². The molecule has 3 N–H and O–H groups in total. The summed E-state index contributed by atoms with van der Waals surface area (Å²) in [5.41, 5.74) is 6.40. The van der Waals surface area contributed by atoms with Gasteiger partial charge in [-0.25, -0.2) is 9.78 Å². The van der Waals surface area contributed by atoms with Crippen LogP contribution in [0.2, 0.25) is 0 Å². The monoisotopic (exact) mass is 267 g/mol. The first-order valence-corrected chi connectivity index (χ1v) is 6.36. The molecular formula is C13H21N3O3. The van der Waals surface area contributed by atoms with Gasteiger partial charge < -0.3 is 20.5 Å². The number of carbonyl (C=O) groups excluding carboxylic acids is 1. The maximum absolute atomic E-state index is 11.8. The predicted molar refractivity (Wildman–Crippen MR) is 74.2 cm³/mol. The molecule has 0 bridgehead atoms. The van der Waals surface area contributed by atoms with Crippen LogP contribution in [-0.4, -0.2) is 36.8 Å². The van der Waals surface area contributed by atoms with Crippen molar-refractivity contribution in [3.8, 4) is 0 Å². The second kappa shape index (κ2) is 7.58. The van der Waals surface area contributed by atoms with Crippen molar-refractivity contribution in [3.05, 3.63) is 17.8 Å². The summed E-state index contributed by atoms with van der Waals surface area (Å²) < 4.78 is 10.4. The van der Waals surface area contributed by atoms with E-state index >= 15 is 0 Å². The summed E-state index contributed by atoms with van der Waals surface area (Å²) in [5.74, 6) is 0.0214. The highest BCUT2D eigenvalue weighted by molar-refractivity contribution is 5.95. The number of anilines is 2. The molecule has 0 saturated carbocycles. The third-order valence-electron chi connectivity index (χ3n) is 2.41.